The monoisotopic (exact) mass is 198 g/mol. The largest absolute Gasteiger partial charge is 0.257 e. The minimum Gasteiger partial charge on any atom is -0.257 e. The molecule has 0 amide bonds. The van der Waals surface area contributed by atoms with Gasteiger partial charge < -0.3 is 0 Å². The van der Waals surface area contributed by atoms with Crippen LogP contribution in [0.3, 0.4) is 0 Å². The number of para-hydroxylation sites is 1. The van der Waals surface area contributed by atoms with E-state index < -0.39 is 0 Å². The molecule has 0 N–H and O–H groups in total. The van der Waals surface area contributed by atoms with Gasteiger partial charge in [0.1, 0.15) is 6.61 Å². The molecule has 0 spiro atoms. The Bertz CT molecular complexity index is 525. The Morgan fingerprint density at radius 3 is 3.13 bits per heavy atom. The summed E-state index contributed by atoms with van der Waals surface area (Å²) in [7, 11) is 0. The third kappa shape index (κ3) is 2.25. The van der Waals surface area contributed by atoms with Gasteiger partial charge in [-0.05, 0) is 6.07 Å². The minimum atomic E-state index is 0.239. The molecule has 1 heterocycles. The summed E-state index contributed by atoms with van der Waals surface area (Å²) in [5.74, 6) is 2.41. The summed E-state index contributed by atoms with van der Waals surface area (Å²) in [6.45, 7) is 0.239. The number of fused-ring (bicyclic) bond motifs is 1. The van der Waals surface area contributed by atoms with Crippen LogP contribution in [0.15, 0.2) is 41.7 Å². The van der Waals surface area contributed by atoms with Crippen molar-refractivity contribution in [2.75, 3.05) is 6.61 Å². The summed E-state index contributed by atoms with van der Waals surface area (Å²) in [6, 6.07) is 7.82. The summed E-state index contributed by atoms with van der Waals surface area (Å²) in [5.41, 5.74) is 0. The zero-order valence-corrected chi connectivity index (χ0v) is 8.13. The molecule has 74 valence electrons. The van der Waals surface area contributed by atoms with Gasteiger partial charge in [-0.2, -0.15) is 0 Å². The molecular formula is C12H10N2O. The van der Waals surface area contributed by atoms with Crippen LogP contribution < -0.4 is 10.6 Å². The lowest BCUT2D eigenvalue weighted by Gasteiger charge is -2.11. The van der Waals surface area contributed by atoms with Crippen LogP contribution in [0.4, 0.5) is 0 Å². The van der Waals surface area contributed by atoms with Crippen molar-refractivity contribution in [3.8, 4) is 12.3 Å². The second-order valence-corrected chi connectivity index (χ2v) is 2.95. The first kappa shape index (κ1) is 9.50. The molecule has 0 bridgehead atoms. The molecule has 15 heavy (non-hydrogen) atoms. The maximum atomic E-state index is 5.26. The lowest BCUT2D eigenvalue weighted by molar-refractivity contribution is -0.0468. The number of benzene rings is 1. The van der Waals surface area contributed by atoms with Crippen LogP contribution in [0.5, 0.6) is 0 Å². The number of nitrogens with zero attached hydrogens (tertiary/aromatic N) is 2. The Hall–Kier alpha value is -2.05. The fraction of sp³-hybridized carbons (Fsp3) is 0.0833. The van der Waals surface area contributed by atoms with Gasteiger partial charge in [0.25, 0.3) is 0 Å². The van der Waals surface area contributed by atoms with Gasteiger partial charge in [0.15, 0.2) is 0 Å². The molecular weight excluding hydrogens is 188 g/mol. The van der Waals surface area contributed by atoms with Gasteiger partial charge in [0.05, 0.1) is 11.6 Å². The van der Waals surface area contributed by atoms with E-state index in [1.807, 2.05) is 30.5 Å². The molecule has 1 aliphatic rings. The molecule has 0 saturated carbocycles. The van der Waals surface area contributed by atoms with Crippen LogP contribution in [-0.4, -0.2) is 11.7 Å². The lowest BCUT2D eigenvalue weighted by Crippen LogP contribution is -2.26. The predicted molar refractivity (Wildman–Crippen MR) is 57.5 cm³/mol. The van der Waals surface area contributed by atoms with Crippen LogP contribution in [0.2, 0.25) is 0 Å². The van der Waals surface area contributed by atoms with Crippen molar-refractivity contribution in [2.24, 2.45) is 4.99 Å². The van der Waals surface area contributed by atoms with Crippen molar-refractivity contribution in [3.63, 3.8) is 0 Å². The van der Waals surface area contributed by atoms with E-state index in [2.05, 4.69) is 10.9 Å². The molecule has 1 aromatic carbocycles. The molecule has 0 unspecified atom stereocenters. The first-order chi connectivity index (χ1) is 7.40. The Kier molecular flexibility index (Phi) is 2.82. The van der Waals surface area contributed by atoms with Gasteiger partial charge in [-0.1, -0.05) is 24.1 Å². The van der Waals surface area contributed by atoms with E-state index in [0.29, 0.717) is 0 Å². The fourth-order valence-corrected chi connectivity index (χ4v) is 1.27. The van der Waals surface area contributed by atoms with Gasteiger partial charge in [0, 0.05) is 17.6 Å². The molecule has 1 aliphatic heterocycles. The van der Waals surface area contributed by atoms with Crippen LogP contribution in [-0.2, 0) is 4.84 Å². The highest BCUT2D eigenvalue weighted by molar-refractivity contribution is 5.24. The predicted octanol–water partition coefficient (Wildman–Crippen LogP) is 0.396. The number of hydrogen-bond donors (Lipinski definition) is 0. The minimum absolute atomic E-state index is 0.239. The Labute approximate surface area is 88.0 Å². The van der Waals surface area contributed by atoms with Crippen molar-refractivity contribution < 1.29 is 4.84 Å². The summed E-state index contributed by atoms with van der Waals surface area (Å²) >= 11 is 0. The van der Waals surface area contributed by atoms with Crippen molar-refractivity contribution in [1.29, 1.82) is 0 Å². The standard InChI is InChI=1S/C12H10N2O/c1-2-9-15-14-8-7-13-12-6-4-3-5-11(12)10-14/h1,3-8,10H,9H2. The molecule has 0 saturated heterocycles. The second kappa shape index (κ2) is 4.45. The maximum Gasteiger partial charge on any atom is 0.135 e. The van der Waals surface area contributed by atoms with Crippen molar-refractivity contribution in [3.05, 3.63) is 47.2 Å². The van der Waals surface area contributed by atoms with Crippen LogP contribution in [0.25, 0.3) is 6.20 Å². The van der Waals surface area contributed by atoms with Crippen LogP contribution >= 0.6 is 0 Å². The smallest absolute Gasteiger partial charge is 0.135 e. The molecule has 0 atom stereocenters. The molecule has 0 aliphatic carbocycles. The van der Waals surface area contributed by atoms with E-state index in [0.717, 1.165) is 10.6 Å². The molecule has 3 nitrogen and oxygen atoms in total. The number of hydroxylamine groups is 2. The Morgan fingerprint density at radius 2 is 2.27 bits per heavy atom. The summed E-state index contributed by atoms with van der Waals surface area (Å²) in [4.78, 5) is 9.52. The third-order valence-electron chi connectivity index (χ3n) is 1.93. The molecule has 2 rings (SSSR count). The van der Waals surface area contributed by atoms with Crippen molar-refractivity contribution in [2.45, 2.75) is 0 Å². The van der Waals surface area contributed by atoms with Crippen molar-refractivity contribution >= 4 is 6.20 Å². The quantitative estimate of drug-likeness (QED) is 0.642. The molecule has 0 radical (unpaired) electrons. The third-order valence-corrected chi connectivity index (χ3v) is 1.93. The average molecular weight is 198 g/mol. The highest BCUT2D eigenvalue weighted by Crippen LogP contribution is 1.94. The highest BCUT2D eigenvalue weighted by atomic mass is 16.7. The number of rotatable bonds is 2. The lowest BCUT2D eigenvalue weighted by atomic mass is 10.3. The molecule has 1 aromatic rings. The number of terminal acetylenes is 1. The van der Waals surface area contributed by atoms with Crippen molar-refractivity contribution in [1.82, 2.24) is 5.06 Å². The fourth-order valence-electron chi connectivity index (χ4n) is 1.27. The second-order valence-electron chi connectivity index (χ2n) is 2.95. The number of hydrogen-bond acceptors (Lipinski definition) is 3. The topological polar surface area (TPSA) is 24.8 Å². The van der Waals surface area contributed by atoms with Gasteiger partial charge >= 0.3 is 0 Å². The van der Waals surface area contributed by atoms with Gasteiger partial charge in [-0.3, -0.25) is 9.83 Å². The van der Waals surface area contributed by atoms with Gasteiger partial charge in [-0.25, -0.2) is 5.06 Å². The summed E-state index contributed by atoms with van der Waals surface area (Å²) in [5, 5.41) is 3.48. The average Bonchev–Trinajstić information content (AvgIpc) is 2.47. The van der Waals surface area contributed by atoms with E-state index in [4.69, 9.17) is 11.3 Å². The van der Waals surface area contributed by atoms with Crippen LogP contribution in [0, 0.1) is 12.3 Å². The maximum absolute atomic E-state index is 5.26. The van der Waals surface area contributed by atoms with E-state index in [9.17, 15) is 0 Å². The van der Waals surface area contributed by atoms with Crippen LogP contribution in [0.1, 0.15) is 0 Å². The van der Waals surface area contributed by atoms with Gasteiger partial charge in [-0.15, -0.1) is 6.42 Å². The summed E-state index contributed by atoms with van der Waals surface area (Å²) < 4.78 is 0. The molecule has 3 heteroatoms. The summed E-state index contributed by atoms with van der Waals surface area (Å²) in [6.07, 6.45) is 10.4. The van der Waals surface area contributed by atoms with E-state index in [-0.39, 0.29) is 6.61 Å². The van der Waals surface area contributed by atoms with E-state index in [1.54, 1.807) is 17.5 Å². The first-order valence-corrected chi connectivity index (χ1v) is 4.56. The van der Waals surface area contributed by atoms with E-state index >= 15 is 0 Å². The zero-order chi connectivity index (χ0) is 10.5. The van der Waals surface area contributed by atoms with Gasteiger partial charge in [0.2, 0.25) is 0 Å². The SMILES string of the molecule is C#CCON1C=CN=c2ccccc2=C1. The Morgan fingerprint density at radius 1 is 1.40 bits per heavy atom. The normalized spacial score (nSPS) is 13.1. The zero-order valence-electron chi connectivity index (χ0n) is 8.13. The highest BCUT2D eigenvalue weighted by Gasteiger charge is 1.96. The van der Waals surface area contributed by atoms with E-state index in [1.165, 1.54) is 0 Å². The Balaban J connectivity index is 2.36. The molecule has 0 fully saturated rings. The molecule has 0 aromatic heterocycles. The first-order valence-electron chi connectivity index (χ1n) is 4.56.